The van der Waals surface area contributed by atoms with E-state index < -0.39 is 0 Å². The molecule has 0 spiro atoms. The molecule has 144 valence electrons. The Hall–Kier alpha value is -2.52. The van der Waals surface area contributed by atoms with Gasteiger partial charge in [0.15, 0.2) is 5.11 Å². The monoisotopic (exact) mass is 390 g/mol. The van der Waals surface area contributed by atoms with Crippen LogP contribution in [0.3, 0.4) is 0 Å². The number of nitrogens with one attached hydrogen (secondary N) is 2. The SMILES string of the molecule is CO[C@@H]1C[C@H](CNC(=S)Nc2cc(F)ccc2C)N(c2cc(N)ncn2)C1. The van der Waals surface area contributed by atoms with Crippen LogP contribution in [0.5, 0.6) is 0 Å². The Morgan fingerprint density at radius 3 is 2.96 bits per heavy atom. The first kappa shape index (κ1) is 19.2. The maximum absolute atomic E-state index is 13.4. The summed E-state index contributed by atoms with van der Waals surface area (Å²) in [6.07, 6.45) is 2.38. The summed E-state index contributed by atoms with van der Waals surface area (Å²) in [5.41, 5.74) is 7.35. The first-order valence-corrected chi connectivity index (χ1v) is 9.05. The number of benzene rings is 1. The van der Waals surface area contributed by atoms with E-state index >= 15 is 0 Å². The van der Waals surface area contributed by atoms with Gasteiger partial charge in [0.25, 0.3) is 0 Å². The molecule has 0 amide bonds. The average molecular weight is 390 g/mol. The molecule has 0 aliphatic carbocycles. The fourth-order valence-corrected chi connectivity index (χ4v) is 3.34. The highest BCUT2D eigenvalue weighted by molar-refractivity contribution is 7.80. The van der Waals surface area contributed by atoms with Crippen molar-refractivity contribution in [3.63, 3.8) is 0 Å². The first-order valence-electron chi connectivity index (χ1n) is 8.64. The van der Waals surface area contributed by atoms with Crippen molar-refractivity contribution < 1.29 is 9.13 Å². The van der Waals surface area contributed by atoms with E-state index in [1.807, 2.05) is 6.92 Å². The Bertz CT molecular complexity index is 820. The molecule has 2 aromatic rings. The lowest BCUT2D eigenvalue weighted by molar-refractivity contribution is 0.118. The maximum atomic E-state index is 13.4. The van der Waals surface area contributed by atoms with Gasteiger partial charge in [-0.1, -0.05) is 6.07 Å². The Balaban J connectivity index is 1.64. The minimum Gasteiger partial charge on any atom is -0.384 e. The van der Waals surface area contributed by atoms with E-state index in [-0.39, 0.29) is 18.0 Å². The van der Waals surface area contributed by atoms with E-state index in [0.717, 1.165) is 17.8 Å². The Morgan fingerprint density at radius 2 is 2.22 bits per heavy atom. The molecule has 0 radical (unpaired) electrons. The highest BCUT2D eigenvalue weighted by atomic mass is 32.1. The second kappa shape index (κ2) is 8.45. The summed E-state index contributed by atoms with van der Waals surface area (Å²) < 4.78 is 19.0. The number of hydrogen-bond donors (Lipinski definition) is 3. The predicted octanol–water partition coefficient (Wildman–Crippen LogP) is 2.09. The molecule has 0 unspecified atom stereocenters. The molecular weight excluding hydrogens is 367 g/mol. The zero-order valence-corrected chi connectivity index (χ0v) is 16.1. The molecule has 27 heavy (non-hydrogen) atoms. The summed E-state index contributed by atoms with van der Waals surface area (Å²) in [5, 5.41) is 6.69. The fourth-order valence-electron chi connectivity index (χ4n) is 3.14. The Labute approximate surface area is 163 Å². The van der Waals surface area contributed by atoms with Crippen LogP contribution < -0.4 is 21.3 Å². The molecule has 1 aromatic carbocycles. The van der Waals surface area contributed by atoms with Crippen molar-refractivity contribution in [1.82, 2.24) is 15.3 Å². The van der Waals surface area contributed by atoms with Gasteiger partial charge in [-0.3, -0.25) is 0 Å². The third-order valence-electron chi connectivity index (χ3n) is 4.62. The van der Waals surface area contributed by atoms with Crippen LogP contribution in [0.1, 0.15) is 12.0 Å². The van der Waals surface area contributed by atoms with E-state index in [4.69, 9.17) is 22.7 Å². The summed E-state index contributed by atoms with van der Waals surface area (Å²) >= 11 is 5.37. The summed E-state index contributed by atoms with van der Waals surface area (Å²) in [6, 6.07) is 6.43. The van der Waals surface area contributed by atoms with Gasteiger partial charge in [-0.2, -0.15) is 0 Å². The minimum absolute atomic E-state index is 0.0972. The standard InChI is InChI=1S/C18H23FN6OS/c1-11-3-4-12(19)5-15(11)24-18(27)21-8-13-6-14(26-2)9-25(13)17-7-16(20)22-10-23-17/h3-5,7,10,13-14H,6,8-9H2,1-2H3,(H2,20,22,23)(H2,21,24,27)/t13-,14-/m1/s1. The second-order valence-electron chi connectivity index (χ2n) is 6.49. The molecule has 1 aliphatic heterocycles. The number of ether oxygens (including phenoxy) is 1. The third-order valence-corrected chi connectivity index (χ3v) is 4.87. The van der Waals surface area contributed by atoms with Crippen molar-refractivity contribution in [2.75, 3.05) is 36.1 Å². The van der Waals surface area contributed by atoms with Crippen LogP contribution in [0.15, 0.2) is 30.6 Å². The number of nitrogens with zero attached hydrogens (tertiary/aromatic N) is 3. The summed E-state index contributed by atoms with van der Waals surface area (Å²) in [5.74, 6) is 0.872. The Morgan fingerprint density at radius 1 is 1.41 bits per heavy atom. The topological polar surface area (TPSA) is 88.3 Å². The Kier molecular flexibility index (Phi) is 6.02. The van der Waals surface area contributed by atoms with E-state index in [2.05, 4.69) is 25.5 Å². The molecule has 2 atom stereocenters. The molecule has 9 heteroatoms. The summed E-state index contributed by atoms with van der Waals surface area (Å²) in [6.45, 7) is 3.19. The number of hydrogen-bond acceptors (Lipinski definition) is 6. The predicted molar refractivity (Wildman–Crippen MR) is 108 cm³/mol. The molecule has 1 aliphatic rings. The lowest BCUT2D eigenvalue weighted by Gasteiger charge is -2.26. The molecule has 0 saturated carbocycles. The van der Waals surface area contributed by atoms with Crippen molar-refractivity contribution in [3.8, 4) is 0 Å². The average Bonchev–Trinajstić information content (AvgIpc) is 3.06. The van der Waals surface area contributed by atoms with E-state index in [0.29, 0.717) is 29.7 Å². The zero-order chi connectivity index (χ0) is 19.4. The number of anilines is 3. The van der Waals surface area contributed by atoms with Crippen LogP contribution >= 0.6 is 12.2 Å². The highest BCUT2D eigenvalue weighted by Gasteiger charge is 2.33. The number of nitrogen functional groups attached to an aromatic ring is 1. The molecular formula is C18H23FN6OS. The largest absolute Gasteiger partial charge is 0.384 e. The molecule has 0 bridgehead atoms. The van der Waals surface area contributed by atoms with Crippen molar-refractivity contribution >= 4 is 34.7 Å². The smallest absolute Gasteiger partial charge is 0.170 e. The van der Waals surface area contributed by atoms with Crippen LogP contribution in [0.2, 0.25) is 0 Å². The number of methoxy groups -OCH3 is 1. The van der Waals surface area contributed by atoms with E-state index in [1.54, 1.807) is 19.2 Å². The van der Waals surface area contributed by atoms with Gasteiger partial charge in [0.2, 0.25) is 0 Å². The number of halogens is 1. The molecule has 1 aromatic heterocycles. The van der Waals surface area contributed by atoms with Crippen molar-refractivity contribution in [1.29, 1.82) is 0 Å². The highest BCUT2D eigenvalue weighted by Crippen LogP contribution is 2.26. The number of aromatic nitrogens is 2. The van der Waals surface area contributed by atoms with Gasteiger partial charge in [-0.15, -0.1) is 0 Å². The molecule has 2 heterocycles. The lowest BCUT2D eigenvalue weighted by atomic mass is 10.2. The van der Waals surface area contributed by atoms with Crippen molar-refractivity contribution in [2.45, 2.75) is 25.5 Å². The lowest BCUT2D eigenvalue weighted by Crippen LogP contribution is -2.42. The zero-order valence-electron chi connectivity index (χ0n) is 15.3. The molecule has 1 saturated heterocycles. The molecule has 3 rings (SSSR count). The van der Waals surface area contributed by atoms with Crippen LogP contribution in [-0.4, -0.2) is 47.4 Å². The van der Waals surface area contributed by atoms with Gasteiger partial charge < -0.3 is 26.0 Å². The van der Waals surface area contributed by atoms with Gasteiger partial charge in [0, 0.05) is 32.0 Å². The van der Waals surface area contributed by atoms with Gasteiger partial charge in [-0.25, -0.2) is 14.4 Å². The van der Waals surface area contributed by atoms with Crippen LogP contribution in [0.25, 0.3) is 0 Å². The maximum Gasteiger partial charge on any atom is 0.170 e. The number of rotatable bonds is 5. The number of thiocarbonyl (C=S) groups is 1. The van der Waals surface area contributed by atoms with Crippen molar-refractivity contribution in [3.05, 3.63) is 42.0 Å². The molecule has 1 fully saturated rings. The van der Waals surface area contributed by atoms with Crippen molar-refractivity contribution in [2.24, 2.45) is 0 Å². The minimum atomic E-state index is -0.308. The van der Waals surface area contributed by atoms with Crippen LogP contribution in [0.4, 0.5) is 21.7 Å². The van der Waals surface area contributed by atoms with Gasteiger partial charge >= 0.3 is 0 Å². The number of nitrogens with two attached hydrogens (primary N) is 1. The third kappa shape index (κ3) is 4.81. The molecule has 7 nitrogen and oxygen atoms in total. The van der Waals surface area contributed by atoms with Crippen LogP contribution in [0, 0.1) is 12.7 Å². The van der Waals surface area contributed by atoms with Gasteiger partial charge in [0.1, 0.15) is 23.8 Å². The van der Waals surface area contributed by atoms with Gasteiger partial charge in [-0.05, 0) is 43.3 Å². The molecule has 4 N–H and O–H groups in total. The summed E-state index contributed by atoms with van der Waals surface area (Å²) in [4.78, 5) is 10.4. The van der Waals surface area contributed by atoms with E-state index in [1.165, 1.54) is 18.5 Å². The van der Waals surface area contributed by atoms with Crippen LogP contribution in [-0.2, 0) is 4.74 Å². The fraction of sp³-hybridized carbons (Fsp3) is 0.389. The van der Waals surface area contributed by atoms with E-state index in [9.17, 15) is 4.39 Å². The summed E-state index contributed by atoms with van der Waals surface area (Å²) in [7, 11) is 1.70. The quantitative estimate of drug-likeness (QED) is 0.669. The second-order valence-corrected chi connectivity index (χ2v) is 6.90. The number of aryl methyl sites for hydroxylation is 1. The first-order chi connectivity index (χ1) is 13.0. The normalized spacial score (nSPS) is 19.1. The van der Waals surface area contributed by atoms with Gasteiger partial charge in [0.05, 0.1) is 12.1 Å².